The van der Waals surface area contributed by atoms with E-state index in [1.165, 1.54) is 6.42 Å². The summed E-state index contributed by atoms with van der Waals surface area (Å²) in [4.78, 5) is 26.0. The second-order valence-electron chi connectivity index (χ2n) is 5.68. The minimum atomic E-state index is -0.486. The van der Waals surface area contributed by atoms with Crippen LogP contribution in [0.3, 0.4) is 0 Å². The third kappa shape index (κ3) is 3.49. The number of rotatable bonds is 3. The predicted octanol–water partition coefficient (Wildman–Crippen LogP) is -0.262. The zero-order valence-electron chi connectivity index (χ0n) is 12.4. The second-order valence-corrected chi connectivity index (χ2v) is 5.68. The molecule has 2 saturated heterocycles. The van der Waals surface area contributed by atoms with Crippen LogP contribution in [0, 0.1) is 5.92 Å². The van der Waals surface area contributed by atoms with E-state index in [2.05, 4.69) is 17.6 Å². The highest BCUT2D eigenvalue weighted by molar-refractivity contribution is 5.88. The zero-order chi connectivity index (χ0) is 14.5. The normalized spacial score (nSPS) is 30.9. The molecule has 2 aliphatic heterocycles. The Bertz CT molecular complexity index is 362. The summed E-state index contributed by atoms with van der Waals surface area (Å²) in [5, 5.41) is 6.02. The Hall–Kier alpha value is -1.14. The van der Waals surface area contributed by atoms with Crippen LogP contribution in [0.1, 0.15) is 26.2 Å². The van der Waals surface area contributed by atoms with Crippen LogP contribution in [0.15, 0.2) is 0 Å². The molecule has 2 heterocycles. The Labute approximate surface area is 120 Å². The van der Waals surface area contributed by atoms with Crippen molar-refractivity contribution < 1.29 is 14.3 Å². The number of morpholine rings is 1. The molecule has 3 atom stereocenters. The molecule has 2 fully saturated rings. The second kappa shape index (κ2) is 7.04. The highest BCUT2D eigenvalue weighted by Gasteiger charge is 2.34. The summed E-state index contributed by atoms with van der Waals surface area (Å²) < 4.78 is 5.33. The van der Waals surface area contributed by atoms with Gasteiger partial charge < -0.3 is 20.3 Å². The van der Waals surface area contributed by atoms with Crippen LogP contribution in [0.25, 0.3) is 0 Å². The molecule has 2 amide bonds. The van der Waals surface area contributed by atoms with Crippen LogP contribution < -0.4 is 10.6 Å². The first kappa shape index (κ1) is 15.3. The van der Waals surface area contributed by atoms with Gasteiger partial charge in [-0.2, -0.15) is 0 Å². The number of nitrogens with zero attached hydrogens (tertiary/aromatic N) is 1. The maximum atomic E-state index is 12.5. The molecule has 2 rings (SSSR count). The van der Waals surface area contributed by atoms with Gasteiger partial charge in [0.2, 0.25) is 11.8 Å². The number of nitrogens with one attached hydrogen (secondary N) is 2. The first-order chi connectivity index (χ1) is 9.63. The largest absolute Gasteiger partial charge is 0.377 e. The van der Waals surface area contributed by atoms with Gasteiger partial charge in [0.05, 0.1) is 13.2 Å². The van der Waals surface area contributed by atoms with E-state index in [0.29, 0.717) is 32.1 Å². The lowest BCUT2D eigenvalue weighted by molar-refractivity contribution is -0.148. The van der Waals surface area contributed by atoms with Crippen LogP contribution in [0.4, 0.5) is 0 Å². The van der Waals surface area contributed by atoms with Crippen molar-refractivity contribution in [3.05, 3.63) is 0 Å². The average molecular weight is 283 g/mol. The Morgan fingerprint density at radius 1 is 1.45 bits per heavy atom. The van der Waals surface area contributed by atoms with Crippen LogP contribution in [-0.2, 0) is 14.3 Å². The summed E-state index contributed by atoms with van der Waals surface area (Å²) in [6, 6.07) is -0.260. The van der Waals surface area contributed by atoms with Gasteiger partial charge in [0.15, 0.2) is 0 Å². The lowest BCUT2D eigenvalue weighted by Crippen LogP contribution is -2.56. The fourth-order valence-electron chi connectivity index (χ4n) is 2.98. The van der Waals surface area contributed by atoms with Gasteiger partial charge in [0, 0.05) is 26.1 Å². The number of hydrogen-bond donors (Lipinski definition) is 2. The molecule has 0 radical (unpaired) electrons. The Balaban J connectivity index is 1.96. The van der Waals surface area contributed by atoms with Crippen molar-refractivity contribution in [2.24, 2.45) is 5.92 Å². The van der Waals surface area contributed by atoms with E-state index in [1.807, 2.05) is 0 Å². The highest BCUT2D eigenvalue weighted by Crippen LogP contribution is 2.20. The van der Waals surface area contributed by atoms with Gasteiger partial charge in [-0.3, -0.25) is 9.59 Å². The van der Waals surface area contributed by atoms with Crippen molar-refractivity contribution in [2.75, 3.05) is 33.4 Å². The van der Waals surface area contributed by atoms with E-state index in [1.54, 1.807) is 11.9 Å². The smallest absolute Gasteiger partial charge is 0.244 e. The van der Waals surface area contributed by atoms with E-state index in [4.69, 9.17) is 4.74 Å². The van der Waals surface area contributed by atoms with E-state index < -0.39 is 6.04 Å². The number of carbonyl (C=O) groups excluding carboxylic acids is 2. The number of piperidine rings is 1. The lowest BCUT2D eigenvalue weighted by atomic mass is 9.90. The minimum absolute atomic E-state index is 0.0492. The quantitative estimate of drug-likeness (QED) is 0.748. The third-order valence-corrected chi connectivity index (χ3v) is 4.32. The van der Waals surface area contributed by atoms with Crippen LogP contribution >= 0.6 is 0 Å². The fourth-order valence-corrected chi connectivity index (χ4v) is 2.98. The number of likely N-dealkylation sites (N-methyl/N-ethyl adjacent to an activating group) is 1. The van der Waals surface area contributed by atoms with E-state index in [0.717, 1.165) is 13.0 Å². The first-order valence-electron chi connectivity index (χ1n) is 7.45. The monoisotopic (exact) mass is 283 g/mol. The average Bonchev–Trinajstić information content (AvgIpc) is 2.48. The van der Waals surface area contributed by atoms with Gasteiger partial charge in [0.1, 0.15) is 6.04 Å². The summed E-state index contributed by atoms with van der Waals surface area (Å²) >= 11 is 0. The van der Waals surface area contributed by atoms with Gasteiger partial charge in [0.25, 0.3) is 0 Å². The predicted molar refractivity (Wildman–Crippen MR) is 75.2 cm³/mol. The van der Waals surface area contributed by atoms with Crippen molar-refractivity contribution in [3.8, 4) is 0 Å². The topological polar surface area (TPSA) is 70.7 Å². The molecule has 20 heavy (non-hydrogen) atoms. The van der Waals surface area contributed by atoms with Crippen LogP contribution in [-0.4, -0.2) is 62.1 Å². The molecule has 0 aromatic rings. The molecular formula is C14H25N3O3. The van der Waals surface area contributed by atoms with Gasteiger partial charge in [-0.05, 0) is 25.3 Å². The Morgan fingerprint density at radius 2 is 2.25 bits per heavy atom. The van der Waals surface area contributed by atoms with Crippen molar-refractivity contribution >= 4 is 11.8 Å². The molecule has 0 aromatic heterocycles. The zero-order valence-corrected chi connectivity index (χ0v) is 12.4. The van der Waals surface area contributed by atoms with Crippen LogP contribution in [0.5, 0.6) is 0 Å². The molecular weight excluding hydrogens is 258 g/mol. The summed E-state index contributed by atoms with van der Waals surface area (Å²) in [5.41, 5.74) is 0. The molecule has 2 aliphatic rings. The maximum Gasteiger partial charge on any atom is 0.244 e. The Kier molecular flexibility index (Phi) is 5.37. The summed E-state index contributed by atoms with van der Waals surface area (Å²) in [6.07, 6.45) is 2.80. The summed E-state index contributed by atoms with van der Waals surface area (Å²) in [5.74, 6) is 0.406. The number of amides is 2. The molecule has 0 aromatic carbocycles. The molecule has 0 spiro atoms. The van der Waals surface area contributed by atoms with Crippen LogP contribution in [0.2, 0.25) is 0 Å². The molecule has 6 nitrogen and oxygen atoms in total. The highest BCUT2D eigenvalue weighted by atomic mass is 16.5. The minimum Gasteiger partial charge on any atom is -0.377 e. The van der Waals surface area contributed by atoms with Crippen molar-refractivity contribution in [2.45, 2.75) is 38.3 Å². The van der Waals surface area contributed by atoms with E-state index in [9.17, 15) is 9.59 Å². The third-order valence-electron chi connectivity index (χ3n) is 4.32. The van der Waals surface area contributed by atoms with Crippen molar-refractivity contribution in [1.29, 1.82) is 0 Å². The van der Waals surface area contributed by atoms with Gasteiger partial charge in [-0.15, -0.1) is 0 Å². The summed E-state index contributed by atoms with van der Waals surface area (Å²) in [6.45, 7) is 4.45. The Morgan fingerprint density at radius 3 is 2.95 bits per heavy atom. The SMILES string of the molecule is CNC(=O)C1COCCN1C(=O)CC1NCCCC1C. The molecule has 0 bridgehead atoms. The van der Waals surface area contributed by atoms with Gasteiger partial charge in [-0.1, -0.05) is 6.92 Å². The number of carbonyl (C=O) groups is 2. The van der Waals surface area contributed by atoms with Crippen molar-refractivity contribution in [3.63, 3.8) is 0 Å². The molecule has 3 unspecified atom stereocenters. The van der Waals surface area contributed by atoms with E-state index >= 15 is 0 Å². The number of hydrogen-bond acceptors (Lipinski definition) is 4. The lowest BCUT2D eigenvalue weighted by Gasteiger charge is -2.37. The molecule has 2 N–H and O–H groups in total. The standard InChI is InChI=1S/C14H25N3O3/c1-10-4-3-5-16-11(10)8-13(18)17-6-7-20-9-12(17)14(19)15-2/h10-12,16H,3-9H2,1-2H3,(H,15,19). The molecule has 0 saturated carbocycles. The molecule has 0 aliphatic carbocycles. The van der Waals surface area contributed by atoms with Crippen molar-refractivity contribution in [1.82, 2.24) is 15.5 Å². The fraction of sp³-hybridized carbons (Fsp3) is 0.857. The molecule has 6 heteroatoms. The van der Waals surface area contributed by atoms with Gasteiger partial charge in [-0.25, -0.2) is 0 Å². The van der Waals surface area contributed by atoms with E-state index in [-0.39, 0.29) is 17.9 Å². The maximum absolute atomic E-state index is 12.5. The first-order valence-corrected chi connectivity index (χ1v) is 7.45. The summed E-state index contributed by atoms with van der Waals surface area (Å²) in [7, 11) is 1.59. The van der Waals surface area contributed by atoms with Gasteiger partial charge >= 0.3 is 0 Å². The number of ether oxygens (including phenoxy) is 1. The molecule has 114 valence electrons.